The molecule has 3 heteroatoms. The molecule has 0 aromatic rings. The number of aliphatic hydroxyl groups is 1. The molecule has 7 atom stereocenters. The van der Waals surface area contributed by atoms with Crippen molar-refractivity contribution in [2.24, 2.45) is 28.6 Å². The fourth-order valence-electron chi connectivity index (χ4n) is 6.80. The van der Waals surface area contributed by atoms with Crippen LogP contribution in [0.5, 0.6) is 0 Å². The van der Waals surface area contributed by atoms with E-state index in [2.05, 4.69) is 13.8 Å². The molecule has 0 heterocycles. The minimum absolute atomic E-state index is 0.0735. The fraction of sp³-hybridized carbons (Fsp3) is 0.850. The first-order valence-corrected chi connectivity index (χ1v) is 9.30. The molecule has 0 saturated heterocycles. The summed E-state index contributed by atoms with van der Waals surface area (Å²) in [5, 5.41) is 10.9. The van der Waals surface area contributed by atoms with Crippen LogP contribution in [-0.4, -0.2) is 22.7 Å². The third-order valence-electron chi connectivity index (χ3n) is 8.50. The number of ketones is 1. The van der Waals surface area contributed by atoms with E-state index in [0.717, 1.165) is 37.7 Å². The summed E-state index contributed by atoms with van der Waals surface area (Å²) in [5.41, 5.74) is -0.0564. The van der Waals surface area contributed by atoms with E-state index < -0.39 is 11.8 Å². The zero-order chi connectivity index (χ0) is 16.6. The predicted octanol–water partition coefficient (Wildman–Crippen LogP) is 4.22. The van der Waals surface area contributed by atoms with Crippen LogP contribution in [-0.2, 0) is 4.79 Å². The second kappa shape index (κ2) is 4.68. The van der Waals surface area contributed by atoms with Crippen LogP contribution in [0.25, 0.3) is 0 Å². The number of allylic oxidation sites excluding steroid dienone is 1. The lowest BCUT2D eigenvalue weighted by Gasteiger charge is -2.59. The molecular formula is C20H29FO2. The van der Waals surface area contributed by atoms with Gasteiger partial charge in [0, 0.05) is 6.42 Å². The lowest BCUT2D eigenvalue weighted by molar-refractivity contribution is -0.128. The number of fused-ring (bicyclic) bond motifs is 5. The Hall–Kier alpha value is -0.700. The van der Waals surface area contributed by atoms with Crippen LogP contribution in [0.3, 0.4) is 0 Å². The molecule has 4 aliphatic carbocycles. The summed E-state index contributed by atoms with van der Waals surface area (Å²) in [5.74, 6) is 1.35. The van der Waals surface area contributed by atoms with Crippen LogP contribution < -0.4 is 0 Å². The largest absolute Gasteiger partial charge is 0.390 e. The number of hydrogen-bond donors (Lipinski definition) is 1. The van der Waals surface area contributed by atoms with E-state index in [9.17, 15) is 9.90 Å². The molecule has 4 rings (SSSR count). The van der Waals surface area contributed by atoms with Crippen molar-refractivity contribution in [3.8, 4) is 0 Å². The second-order valence-corrected chi connectivity index (χ2v) is 9.33. The molecule has 0 aliphatic heterocycles. The van der Waals surface area contributed by atoms with E-state index in [0.29, 0.717) is 30.6 Å². The standard InChI is InChI=1S/C20H29FO2/c1-18-7-4-12(22)10-16(18)17(21)11-13-14(18)5-8-19(2)15(13)6-9-20(19,3)23/h10,13-15,17,23H,4-9,11H2,1-3H3/t13-,14+,15+,17?,18-,19+,20?/m1/s1. The lowest BCUT2D eigenvalue weighted by atomic mass is 9.46. The van der Waals surface area contributed by atoms with Crippen molar-refractivity contribution in [2.45, 2.75) is 77.5 Å². The number of rotatable bonds is 0. The molecule has 1 N–H and O–H groups in total. The van der Waals surface area contributed by atoms with E-state index in [-0.39, 0.29) is 16.6 Å². The predicted molar refractivity (Wildman–Crippen MR) is 87.6 cm³/mol. The summed E-state index contributed by atoms with van der Waals surface area (Å²) in [6.45, 7) is 6.41. The van der Waals surface area contributed by atoms with Gasteiger partial charge in [-0.05, 0) is 85.7 Å². The molecule has 4 aliphatic rings. The van der Waals surface area contributed by atoms with E-state index in [1.54, 1.807) is 6.08 Å². The SMILES string of the molecule is CC1(O)CC[C@H]2[C@@H]3CC(F)C4=CC(=O)CC[C@]4(C)[C@H]3CC[C@@]21C. The molecule has 3 fully saturated rings. The number of carbonyl (C=O) groups is 1. The summed E-state index contributed by atoms with van der Waals surface area (Å²) < 4.78 is 15.0. The maximum Gasteiger partial charge on any atom is 0.155 e. The average Bonchev–Trinajstić information content (AvgIpc) is 2.72. The first kappa shape index (κ1) is 15.8. The van der Waals surface area contributed by atoms with Crippen LogP contribution in [0.2, 0.25) is 0 Å². The van der Waals surface area contributed by atoms with Crippen LogP contribution in [0.15, 0.2) is 11.6 Å². The highest BCUT2D eigenvalue weighted by atomic mass is 19.1. The molecule has 0 amide bonds. The molecule has 3 saturated carbocycles. The van der Waals surface area contributed by atoms with Crippen molar-refractivity contribution in [3.05, 3.63) is 11.6 Å². The molecule has 0 aromatic carbocycles. The number of carbonyl (C=O) groups excluding carboxylic acids is 1. The van der Waals surface area contributed by atoms with Gasteiger partial charge in [0.05, 0.1) is 5.60 Å². The summed E-state index contributed by atoms with van der Waals surface area (Å²) in [4.78, 5) is 11.8. The smallest absolute Gasteiger partial charge is 0.155 e. The van der Waals surface area contributed by atoms with Gasteiger partial charge in [-0.25, -0.2) is 4.39 Å². The van der Waals surface area contributed by atoms with Crippen LogP contribution >= 0.6 is 0 Å². The van der Waals surface area contributed by atoms with Crippen molar-refractivity contribution in [3.63, 3.8) is 0 Å². The van der Waals surface area contributed by atoms with Crippen LogP contribution in [0, 0.1) is 28.6 Å². The fourth-order valence-corrected chi connectivity index (χ4v) is 6.80. The quantitative estimate of drug-likeness (QED) is 0.725. The van der Waals surface area contributed by atoms with Gasteiger partial charge in [-0.1, -0.05) is 13.8 Å². The van der Waals surface area contributed by atoms with E-state index in [1.165, 1.54) is 0 Å². The molecule has 0 spiro atoms. The van der Waals surface area contributed by atoms with Gasteiger partial charge in [-0.2, -0.15) is 0 Å². The second-order valence-electron chi connectivity index (χ2n) is 9.33. The first-order valence-electron chi connectivity index (χ1n) is 9.30. The molecule has 0 aromatic heterocycles. The van der Waals surface area contributed by atoms with Gasteiger partial charge < -0.3 is 5.11 Å². The Kier molecular flexibility index (Phi) is 3.22. The third-order valence-corrected chi connectivity index (χ3v) is 8.50. The van der Waals surface area contributed by atoms with Crippen molar-refractivity contribution >= 4 is 5.78 Å². The van der Waals surface area contributed by atoms with E-state index in [1.807, 2.05) is 6.92 Å². The van der Waals surface area contributed by atoms with Gasteiger partial charge in [-0.3, -0.25) is 4.79 Å². The number of hydrogen-bond acceptors (Lipinski definition) is 2. The van der Waals surface area contributed by atoms with E-state index in [4.69, 9.17) is 0 Å². The van der Waals surface area contributed by atoms with E-state index >= 15 is 4.39 Å². The van der Waals surface area contributed by atoms with Crippen LogP contribution in [0.4, 0.5) is 4.39 Å². The molecule has 0 radical (unpaired) electrons. The lowest BCUT2D eigenvalue weighted by Crippen LogP contribution is -2.55. The maximum absolute atomic E-state index is 15.0. The Balaban J connectivity index is 1.74. The van der Waals surface area contributed by atoms with Gasteiger partial charge >= 0.3 is 0 Å². The minimum Gasteiger partial charge on any atom is -0.390 e. The summed E-state index contributed by atoms with van der Waals surface area (Å²) in [7, 11) is 0. The Bertz CT molecular complexity index is 580. The molecule has 23 heavy (non-hydrogen) atoms. The highest BCUT2D eigenvalue weighted by Crippen LogP contribution is 2.67. The Morgan fingerprint density at radius 1 is 1.13 bits per heavy atom. The first-order chi connectivity index (χ1) is 10.7. The van der Waals surface area contributed by atoms with Gasteiger partial charge in [0.15, 0.2) is 5.78 Å². The Morgan fingerprint density at radius 3 is 2.57 bits per heavy atom. The minimum atomic E-state index is -0.974. The van der Waals surface area contributed by atoms with Gasteiger partial charge in [0.1, 0.15) is 6.17 Å². The highest BCUT2D eigenvalue weighted by molar-refractivity contribution is 5.91. The Labute approximate surface area is 138 Å². The van der Waals surface area contributed by atoms with Gasteiger partial charge in [0.25, 0.3) is 0 Å². The molecule has 0 bridgehead atoms. The summed E-state index contributed by atoms with van der Waals surface area (Å²) in [6.07, 6.45) is 6.52. The topological polar surface area (TPSA) is 37.3 Å². The number of alkyl halides is 1. The van der Waals surface area contributed by atoms with Crippen molar-refractivity contribution < 1.29 is 14.3 Å². The van der Waals surface area contributed by atoms with Gasteiger partial charge in [0.2, 0.25) is 0 Å². The maximum atomic E-state index is 15.0. The summed E-state index contributed by atoms with van der Waals surface area (Å²) >= 11 is 0. The zero-order valence-electron chi connectivity index (χ0n) is 14.6. The summed E-state index contributed by atoms with van der Waals surface area (Å²) in [6, 6.07) is 0. The van der Waals surface area contributed by atoms with Crippen molar-refractivity contribution in [2.75, 3.05) is 0 Å². The molecule has 128 valence electrons. The molecular weight excluding hydrogens is 291 g/mol. The number of halogens is 1. The zero-order valence-corrected chi connectivity index (χ0v) is 14.6. The Morgan fingerprint density at radius 2 is 1.83 bits per heavy atom. The third kappa shape index (κ3) is 1.92. The van der Waals surface area contributed by atoms with Crippen molar-refractivity contribution in [1.29, 1.82) is 0 Å². The monoisotopic (exact) mass is 320 g/mol. The van der Waals surface area contributed by atoms with Gasteiger partial charge in [-0.15, -0.1) is 0 Å². The molecule has 2 nitrogen and oxygen atoms in total. The molecule has 2 unspecified atom stereocenters. The normalized spacial score (nSPS) is 55.7. The van der Waals surface area contributed by atoms with Crippen LogP contribution in [0.1, 0.15) is 65.7 Å². The average molecular weight is 320 g/mol. The highest BCUT2D eigenvalue weighted by Gasteiger charge is 2.63. The van der Waals surface area contributed by atoms with Crippen molar-refractivity contribution in [1.82, 2.24) is 0 Å².